The van der Waals surface area contributed by atoms with Gasteiger partial charge in [-0.1, -0.05) is 26.0 Å². The van der Waals surface area contributed by atoms with E-state index in [1.807, 2.05) is 40.5 Å². The summed E-state index contributed by atoms with van der Waals surface area (Å²) in [6.45, 7) is 5.02. The highest BCUT2D eigenvalue weighted by Crippen LogP contribution is 2.44. The van der Waals surface area contributed by atoms with Gasteiger partial charge in [-0.3, -0.25) is 0 Å². The van der Waals surface area contributed by atoms with Gasteiger partial charge in [0.1, 0.15) is 10.8 Å². The van der Waals surface area contributed by atoms with Gasteiger partial charge in [0.2, 0.25) is 0 Å². The summed E-state index contributed by atoms with van der Waals surface area (Å²) in [4.78, 5) is 17.2. The molecule has 162 valence electrons. The van der Waals surface area contributed by atoms with Crippen molar-refractivity contribution in [3.05, 3.63) is 64.3 Å². The number of benzene rings is 1. The van der Waals surface area contributed by atoms with Crippen LogP contribution in [0.5, 0.6) is 5.75 Å². The summed E-state index contributed by atoms with van der Waals surface area (Å²) < 4.78 is 7.79. The van der Waals surface area contributed by atoms with Crippen molar-refractivity contribution in [1.82, 2.24) is 9.47 Å². The predicted molar refractivity (Wildman–Crippen MR) is 125 cm³/mol. The number of amides is 2. The Morgan fingerprint density at radius 2 is 1.94 bits per heavy atom. The number of methoxy groups -OCH3 is 1. The molecule has 2 amide bonds. The SMILES string of the molecule is COc1ccccc1NC(=O)N1Cc2c(sc3c2CCCC3)-n2cccc2[C@H]1C(C)C. The number of aryl methyl sites for hydroxylation is 1. The summed E-state index contributed by atoms with van der Waals surface area (Å²) in [6.07, 6.45) is 6.93. The van der Waals surface area contributed by atoms with E-state index in [9.17, 15) is 4.79 Å². The van der Waals surface area contributed by atoms with Crippen LogP contribution in [-0.2, 0) is 19.4 Å². The van der Waals surface area contributed by atoms with Crippen LogP contribution >= 0.6 is 11.3 Å². The van der Waals surface area contributed by atoms with E-state index in [-0.39, 0.29) is 18.0 Å². The first-order valence-electron chi connectivity index (χ1n) is 11.1. The monoisotopic (exact) mass is 435 g/mol. The first-order valence-corrected chi connectivity index (χ1v) is 11.9. The van der Waals surface area contributed by atoms with Gasteiger partial charge in [-0.05, 0) is 61.4 Å². The van der Waals surface area contributed by atoms with E-state index < -0.39 is 0 Å². The number of carbonyl (C=O) groups excluding carboxylic acids is 1. The topological polar surface area (TPSA) is 46.5 Å². The number of aromatic nitrogens is 1. The number of urea groups is 1. The quantitative estimate of drug-likeness (QED) is 0.535. The molecular weight excluding hydrogens is 406 g/mol. The third-order valence-corrected chi connectivity index (χ3v) is 7.80. The highest BCUT2D eigenvalue weighted by molar-refractivity contribution is 7.15. The highest BCUT2D eigenvalue weighted by Gasteiger charge is 2.36. The number of ether oxygens (including phenoxy) is 1. The minimum atomic E-state index is -0.0837. The smallest absolute Gasteiger partial charge is 0.322 e. The van der Waals surface area contributed by atoms with Gasteiger partial charge in [0.15, 0.2) is 0 Å². The minimum Gasteiger partial charge on any atom is -0.495 e. The van der Waals surface area contributed by atoms with E-state index in [0.717, 1.165) is 12.8 Å². The molecule has 0 saturated carbocycles. The molecular formula is C25H29N3O2S. The van der Waals surface area contributed by atoms with Crippen molar-refractivity contribution >= 4 is 23.1 Å². The molecule has 3 aromatic rings. The Labute approximate surface area is 187 Å². The Morgan fingerprint density at radius 1 is 1.13 bits per heavy atom. The average Bonchev–Trinajstić information content (AvgIpc) is 3.35. The molecule has 0 unspecified atom stereocenters. The molecule has 5 rings (SSSR count). The third kappa shape index (κ3) is 3.43. The molecule has 1 aromatic carbocycles. The standard InChI is InChI=1S/C25H29N3O2S/c1-16(2)23-20-11-8-14-27(20)24-18(17-9-4-7-13-22(17)31-24)15-28(23)25(29)26-19-10-5-6-12-21(19)30-3/h5-6,8,10-12,14,16,23H,4,7,9,13,15H2,1-3H3,(H,26,29)/t23-/m1/s1. The molecule has 1 atom stereocenters. The predicted octanol–water partition coefficient (Wildman–Crippen LogP) is 6.17. The van der Waals surface area contributed by atoms with Gasteiger partial charge < -0.3 is 19.5 Å². The number of hydrogen-bond acceptors (Lipinski definition) is 3. The normalized spacial score (nSPS) is 17.5. The number of rotatable bonds is 3. The molecule has 0 radical (unpaired) electrons. The first-order chi connectivity index (χ1) is 15.1. The summed E-state index contributed by atoms with van der Waals surface area (Å²) in [6, 6.07) is 11.8. The van der Waals surface area contributed by atoms with E-state index in [4.69, 9.17) is 4.74 Å². The zero-order valence-electron chi connectivity index (χ0n) is 18.4. The van der Waals surface area contributed by atoms with Crippen LogP contribution in [0.1, 0.15) is 54.4 Å². The lowest BCUT2D eigenvalue weighted by Crippen LogP contribution is -2.39. The Kier molecular flexibility index (Phi) is 5.26. The molecule has 1 aliphatic heterocycles. The first kappa shape index (κ1) is 20.2. The van der Waals surface area contributed by atoms with Gasteiger partial charge in [0.05, 0.1) is 25.4 Å². The fraction of sp³-hybridized carbons (Fsp3) is 0.400. The average molecular weight is 436 g/mol. The molecule has 0 fully saturated rings. The van der Waals surface area contributed by atoms with Gasteiger partial charge in [-0.2, -0.15) is 0 Å². The van der Waals surface area contributed by atoms with Crippen molar-refractivity contribution in [1.29, 1.82) is 0 Å². The Balaban J connectivity index is 1.59. The lowest BCUT2D eigenvalue weighted by molar-refractivity contribution is 0.161. The summed E-state index contributed by atoms with van der Waals surface area (Å²) in [5.74, 6) is 0.950. The third-order valence-electron chi connectivity index (χ3n) is 6.47. The Bertz CT molecular complexity index is 1110. The van der Waals surface area contributed by atoms with Gasteiger partial charge in [0.25, 0.3) is 0 Å². The van der Waals surface area contributed by atoms with Crippen LogP contribution in [0.4, 0.5) is 10.5 Å². The maximum absolute atomic E-state index is 13.7. The fourth-order valence-corrected chi connectivity index (χ4v) is 6.46. The van der Waals surface area contributed by atoms with Crippen LogP contribution in [0.15, 0.2) is 42.6 Å². The number of thiophene rings is 1. The van der Waals surface area contributed by atoms with Crippen LogP contribution in [0.2, 0.25) is 0 Å². The summed E-state index contributed by atoms with van der Waals surface area (Å²) in [5, 5.41) is 4.42. The molecule has 31 heavy (non-hydrogen) atoms. The number of nitrogens with one attached hydrogen (secondary N) is 1. The second-order valence-electron chi connectivity index (χ2n) is 8.74. The molecule has 3 heterocycles. The van der Waals surface area contributed by atoms with Crippen molar-refractivity contribution < 1.29 is 9.53 Å². The molecule has 2 aromatic heterocycles. The summed E-state index contributed by atoms with van der Waals surface area (Å²) >= 11 is 1.92. The minimum absolute atomic E-state index is 0.0106. The van der Waals surface area contributed by atoms with E-state index in [1.54, 1.807) is 7.11 Å². The second kappa shape index (κ2) is 8.08. The van der Waals surface area contributed by atoms with Gasteiger partial charge in [-0.15, -0.1) is 11.3 Å². The molecule has 0 saturated heterocycles. The van der Waals surface area contributed by atoms with Gasteiger partial charge in [0, 0.05) is 22.3 Å². The number of nitrogens with zero attached hydrogens (tertiary/aromatic N) is 2. The van der Waals surface area contributed by atoms with Crippen molar-refractivity contribution in [2.45, 2.75) is 52.1 Å². The summed E-state index contributed by atoms with van der Waals surface area (Å²) in [7, 11) is 1.63. The van der Waals surface area contributed by atoms with E-state index in [1.165, 1.54) is 39.5 Å². The summed E-state index contributed by atoms with van der Waals surface area (Å²) in [5.41, 5.74) is 4.69. The van der Waals surface area contributed by atoms with Crippen molar-refractivity contribution in [2.24, 2.45) is 5.92 Å². The maximum Gasteiger partial charge on any atom is 0.322 e. The lowest BCUT2D eigenvalue weighted by atomic mass is 9.94. The number of fused-ring (bicyclic) bond motifs is 5. The maximum atomic E-state index is 13.7. The molecule has 0 spiro atoms. The molecule has 1 N–H and O–H groups in total. The fourth-order valence-electron chi connectivity index (χ4n) is 5.06. The molecule has 1 aliphatic carbocycles. The largest absolute Gasteiger partial charge is 0.495 e. The van der Waals surface area contributed by atoms with Crippen LogP contribution in [0.3, 0.4) is 0 Å². The van der Waals surface area contributed by atoms with E-state index >= 15 is 0 Å². The van der Waals surface area contributed by atoms with E-state index in [2.05, 4.69) is 42.1 Å². The van der Waals surface area contributed by atoms with Crippen molar-refractivity contribution in [2.75, 3.05) is 12.4 Å². The Morgan fingerprint density at radius 3 is 2.74 bits per heavy atom. The van der Waals surface area contributed by atoms with Gasteiger partial charge in [-0.25, -0.2) is 4.79 Å². The molecule has 5 nitrogen and oxygen atoms in total. The molecule has 0 bridgehead atoms. The van der Waals surface area contributed by atoms with Crippen LogP contribution < -0.4 is 10.1 Å². The number of anilines is 1. The number of para-hydroxylation sites is 2. The second-order valence-corrected chi connectivity index (χ2v) is 9.83. The number of hydrogen-bond donors (Lipinski definition) is 1. The number of carbonyl (C=O) groups is 1. The van der Waals surface area contributed by atoms with Gasteiger partial charge >= 0.3 is 6.03 Å². The lowest BCUT2D eigenvalue weighted by Gasteiger charge is -2.33. The van der Waals surface area contributed by atoms with Crippen LogP contribution in [0, 0.1) is 5.92 Å². The Hall–Kier alpha value is -2.73. The van der Waals surface area contributed by atoms with Crippen molar-refractivity contribution in [3.63, 3.8) is 0 Å². The zero-order chi connectivity index (χ0) is 21.5. The van der Waals surface area contributed by atoms with Crippen LogP contribution in [-0.4, -0.2) is 22.6 Å². The highest BCUT2D eigenvalue weighted by atomic mass is 32.1. The van der Waals surface area contributed by atoms with Crippen LogP contribution in [0.25, 0.3) is 5.00 Å². The van der Waals surface area contributed by atoms with E-state index in [0.29, 0.717) is 18.0 Å². The van der Waals surface area contributed by atoms with Crippen molar-refractivity contribution in [3.8, 4) is 10.8 Å². The molecule has 2 aliphatic rings. The zero-order valence-corrected chi connectivity index (χ0v) is 19.2. The molecule has 6 heteroatoms.